The molecule has 2 aliphatic heterocycles. The van der Waals surface area contributed by atoms with Crippen molar-refractivity contribution in [3.05, 3.63) is 95.6 Å². The number of phenolic OH excluding ortho intramolecular Hbond substituents is 4. The van der Waals surface area contributed by atoms with Crippen LogP contribution >= 0.6 is 0 Å². The minimum absolute atomic E-state index is 0.0202. The number of nitrogens with one attached hydrogen (secondary N) is 2. The largest absolute Gasteiger partial charge is 0.508 e. The van der Waals surface area contributed by atoms with E-state index in [1.807, 2.05) is 27.7 Å². The summed E-state index contributed by atoms with van der Waals surface area (Å²) in [6.45, 7) is 13.9. The van der Waals surface area contributed by atoms with Gasteiger partial charge in [-0.05, 0) is 97.5 Å². The molecule has 0 spiro atoms. The van der Waals surface area contributed by atoms with E-state index in [9.17, 15) is 39.6 Å². The minimum Gasteiger partial charge on any atom is -0.508 e. The third-order valence-corrected chi connectivity index (χ3v) is 13.7. The molecule has 0 bridgehead atoms. The van der Waals surface area contributed by atoms with Crippen LogP contribution in [0.3, 0.4) is 0 Å². The smallest absolute Gasteiger partial charge is 0.289 e. The van der Waals surface area contributed by atoms with Gasteiger partial charge < -0.3 is 56.1 Å². The van der Waals surface area contributed by atoms with E-state index in [1.54, 1.807) is 93.4 Å². The van der Waals surface area contributed by atoms with Gasteiger partial charge in [0.05, 0.1) is 11.1 Å². The first-order valence-corrected chi connectivity index (χ1v) is 25.9. The number of aromatic nitrogens is 6. The minimum atomic E-state index is -0.648. The number of rotatable bonds is 18. The van der Waals surface area contributed by atoms with Crippen molar-refractivity contribution < 1.29 is 49.1 Å². The zero-order chi connectivity index (χ0) is 54.4. The lowest BCUT2D eigenvalue weighted by molar-refractivity contribution is -0.135. The van der Waals surface area contributed by atoms with Gasteiger partial charge in [0.25, 0.3) is 11.8 Å². The summed E-state index contributed by atoms with van der Waals surface area (Å²) in [7, 11) is 0. The molecule has 2 fully saturated rings. The van der Waals surface area contributed by atoms with Crippen LogP contribution in [-0.2, 0) is 9.59 Å². The molecule has 4 heterocycles. The molecular formula is C55H67N11O10. The molecule has 4 amide bonds. The predicted molar refractivity (Wildman–Crippen MR) is 282 cm³/mol. The molecule has 2 aliphatic rings. The molecular weight excluding hydrogens is 975 g/mol. The van der Waals surface area contributed by atoms with Gasteiger partial charge in [0.2, 0.25) is 23.5 Å². The Morgan fingerprint density at radius 2 is 0.921 bits per heavy atom. The maximum absolute atomic E-state index is 13.4. The lowest BCUT2D eigenvalue weighted by Crippen LogP contribution is -2.46. The first-order chi connectivity index (χ1) is 36.4. The van der Waals surface area contributed by atoms with Crippen molar-refractivity contribution in [3.8, 4) is 68.6 Å². The van der Waals surface area contributed by atoms with Crippen molar-refractivity contribution in [3.63, 3.8) is 0 Å². The Hall–Kier alpha value is -8.20. The molecule has 4 aromatic carbocycles. The van der Waals surface area contributed by atoms with Crippen LogP contribution in [-0.4, -0.2) is 141 Å². The van der Waals surface area contributed by atoms with Crippen molar-refractivity contribution >= 4 is 23.6 Å². The van der Waals surface area contributed by atoms with Gasteiger partial charge in [-0.15, -0.1) is 20.4 Å². The SMILES string of the molecule is CCNC(=O)c1nnc(-c2cc(C(C)C)c(O)cc2O)n1-c1ccc(OC2CCN(C(=O)CC(N)CC(=O)N3CCC(Oc4ccc(-n5c(C(=O)NCC)nnc5-c5cc(C(C)C)c(O)cc5O)cc4)CC3)CC2)cc1. The maximum Gasteiger partial charge on any atom is 0.289 e. The summed E-state index contributed by atoms with van der Waals surface area (Å²) in [5.41, 5.74) is 9.33. The predicted octanol–water partition coefficient (Wildman–Crippen LogP) is 6.30. The summed E-state index contributed by atoms with van der Waals surface area (Å²) in [6.07, 6.45) is 2.10. The molecule has 402 valence electrons. The average Bonchev–Trinajstić information content (AvgIpc) is 4.10. The number of amides is 4. The van der Waals surface area contributed by atoms with Gasteiger partial charge in [0.15, 0.2) is 11.6 Å². The van der Waals surface area contributed by atoms with Gasteiger partial charge in [0, 0.05) is 107 Å². The normalized spacial score (nSPS) is 14.4. The van der Waals surface area contributed by atoms with Crippen LogP contribution in [0.25, 0.3) is 34.2 Å². The molecule has 21 nitrogen and oxygen atoms in total. The number of carbonyl (C=O) groups is 4. The number of carbonyl (C=O) groups excluding carboxylic acids is 4. The molecule has 0 aliphatic carbocycles. The highest BCUT2D eigenvalue weighted by molar-refractivity contribution is 5.93. The van der Waals surface area contributed by atoms with Gasteiger partial charge in [-0.1, -0.05) is 27.7 Å². The lowest BCUT2D eigenvalue weighted by atomic mass is 9.98. The Balaban J connectivity index is 0.806. The molecule has 0 unspecified atom stereocenters. The van der Waals surface area contributed by atoms with Gasteiger partial charge in [-0.2, -0.15) is 0 Å². The molecule has 2 aromatic heterocycles. The van der Waals surface area contributed by atoms with E-state index in [-0.39, 0.29) is 95.0 Å². The van der Waals surface area contributed by atoms with Crippen LogP contribution in [0.5, 0.6) is 34.5 Å². The van der Waals surface area contributed by atoms with Gasteiger partial charge in [-0.25, -0.2) is 0 Å². The third-order valence-electron chi connectivity index (χ3n) is 13.7. The maximum atomic E-state index is 13.4. The topological polar surface area (TPSA) is 286 Å². The second-order valence-electron chi connectivity index (χ2n) is 19.8. The number of hydrogen-bond donors (Lipinski definition) is 7. The molecule has 21 heteroatoms. The summed E-state index contributed by atoms with van der Waals surface area (Å²) in [4.78, 5) is 56.5. The third kappa shape index (κ3) is 12.0. The van der Waals surface area contributed by atoms with E-state index in [0.29, 0.717) is 110 Å². The number of hydrogen-bond acceptors (Lipinski definition) is 15. The molecule has 2 saturated heterocycles. The molecule has 8 rings (SSSR count). The van der Waals surface area contributed by atoms with E-state index in [1.165, 1.54) is 12.1 Å². The molecule has 0 saturated carbocycles. The number of benzene rings is 4. The van der Waals surface area contributed by atoms with Gasteiger partial charge >= 0.3 is 0 Å². The summed E-state index contributed by atoms with van der Waals surface area (Å²) in [6, 6.07) is 19.4. The number of nitrogens with zero attached hydrogens (tertiary/aromatic N) is 8. The highest BCUT2D eigenvalue weighted by Crippen LogP contribution is 2.40. The molecule has 76 heavy (non-hydrogen) atoms. The number of likely N-dealkylation sites (tertiary alicyclic amines) is 2. The quantitative estimate of drug-likeness (QED) is 0.0497. The number of aromatic hydroxyl groups is 4. The highest BCUT2D eigenvalue weighted by atomic mass is 16.5. The van der Waals surface area contributed by atoms with Gasteiger partial charge in [0.1, 0.15) is 46.7 Å². The van der Waals surface area contributed by atoms with Crippen molar-refractivity contribution in [2.45, 2.75) is 110 Å². The summed E-state index contributed by atoms with van der Waals surface area (Å²) < 4.78 is 15.8. The Labute approximate surface area is 440 Å². The highest BCUT2D eigenvalue weighted by Gasteiger charge is 2.30. The van der Waals surface area contributed by atoms with Crippen LogP contribution in [0, 0.1) is 0 Å². The van der Waals surface area contributed by atoms with Crippen LogP contribution in [0.15, 0.2) is 72.8 Å². The second-order valence-corrected chi connectivity index (χ2v) is 19.8. The Morgan fingerprint density at radius 1 is 0.566 bits per heavy atom. The second kappa shape index (κ2) is 23.6. The zero-order valence-electron chi connectivity index (χ0n) is 43.7. The fraction of sp³-hybridized carbons (Fsp3) is 0.418. The van der Waals surface area contributed by atoms with E-state index >= 15 is 0 Å². The van der Waals surface area contributed by atoms with Gasteiger partial charge in [-0.3, -0.25) is 28.3 Å². The van der Waals surface area contributed by atoms with E-state index < -0.39 is 17.9 Å². The standard InChI is InChI=1S/C55H67N11O10/c1-7-57-54(73)52-61-59-50(42-27-40(31(3)4)44(67)29-46(42)69)65(52)34-9-13-36(14-10-34)75-38-17-21-63(22-18-38)48(71)25-33(56)26-49(72)64-23-19-39(20-24-64)76-37-15-11-35(12-16-37)66-51(60-62-53(66)55(74)58-8-2)43-28-41(32(5)6)45(68)30-47(43)70/h9-16,27-33,38-39,67-70H,7-8,17-26,56H2,1-6H3,(H,57,73)(H,58,74). The molecule has 0 atom stereocenters. The van der Waals surface area contributed by atoms with Crippen LogP contribution in [0.4, 0.5) is 0 Å². The van der Waals surface area contributed by atoms with Crippen molar-refractivity contribution in [2.75, 3.05) is 39.3 Å². The summed E-state index contributed by atoms with van der Waals surface area (Å²) in [5, 5.41) is 65.2. The average molecular weight is 1040 g/mol. The van der Waals surface area contributed by atoms with Crippen molar-refractivity contribution in [1.29, 1.82) is 0 Å². The van der Waals surface area contributed by atoms with Crippen LogP contribution in [0.2, 0.25) is 0 Å². The van der Waals surface area contributed by atoms with E-state index in [2.05, 4.69) is 31.0 Å². The first kappa shape index (κ1) is 54.1. The summed E-state index contributed by atoms with van der Waals surface area (Å²) >= 11 is 0. The molecule has 6 aromatic rings. The number of piperidine rings is 2. The Bertz CT molecular complexity index is 2840. The van der Waals surface area contributed by atoms with Crippen molar-refractivity contribution in [1.82, 2.24) is 50.0 Å². The van der Waals surface area contributed by atoms with E-state index in [0.717, 1.165) is 0 Å². The number of nitrogens with two attached hydrogens (primary N) is 1. The number of phenols is 4. The van der Waals surface area contributed by atoms with Crippen LogP contribution < -0.4 is 25.8 Å². The fourth-order valence-corrected chi connectivity index (χ4v) is 9.61. The van der Waals surface area contributed by atoms with Crippen LogP contribution in [0.1, 0.15) is 124 Å². The summed E-state index contributed by atoms with van der Waals surface area (Å²) in [5.74, 6) is -0.105. The monoisotopic (exact) mass is 1040 g/mol. The van der Waals surface area contributed by atoms with E-state index in [4.69, 9.17) is 15.2 Å². The Morgan fingerprint density at radius 3 is 1.25 bits per heavy atom. The zero-order valence-corrected chi connectivity index (χ0v) is 43.7. The van der Waals surface area contributed by atoms with Crippen molar-refractivity contribution in [2.24, 2.45) is 5.73 Å². The lowest BCUT2D eigenvalue weighted by Gasteiger charge is -2.34. The fourth-order valence-electron chi connectivity index (χ4n) is 9.61. The Kier molecular flexibility index (Phi) is 16.8. The number of ether oxygens (including phenoxy) is 2. The molecule has 0 radical (unpaired) electrons. The molecule has 8 N–H and O–H groups in total. The first-order valence-electron chi connectivity index (χ1n) is 25.9.